The second-order valence-electron chi connectivity index (χ2n) is 11.6. The smallest absolute Gasteiger partial charge is 0.308 e. The quantitative estimate of drug-likeness (QED) is 0.185. The summed E-state index contributed by atoms with van der Waals surface area (Å²) in [6, 6.07) is -0.0917. The lowest BCUT2D eigenvalue weighted by Crippen LogP contribution is -2.50. The number of carbonyl (C=O) groups excluding carboxylic acids is 2. The van der Waals surface area contributed by atoms with Crippen molar-refractivity contribution in [3.63, 3.8) is 0 Å². The van der Waals surface area contributed by atoms with Crippen LogP contribution in [0.5, 0.6) is 0 Å². The van der Waals surface area contributed by atoms with Crippen molar-refractivity contribution in [2.45, 2.75) is 108 Å². The molecule has 226 valence electrons. The van der Waals surface area contributed by atoms with E-state index in [1.165, 1.54) is 13.2 Å². The lowest BCUT2D eigenvalue weighted by atomic mass is 9.87. The van der Waals surface area contributed by atoms with Gasteiger partial charge in [0.05, 0.1) is 44.5 Å². The number of methoxy groups -OCH3 is 1. The molecule has 1 aromatic heterocycles. The van der Waals surface area contributed by atoms with Gasteiger partial charge in [0.25, 0.3) is 0 Å². The average molecular weight is 574 g/mol. The molecule has 11 nitrogen and oxygen atoms in total. The van der Waals surface area contributed by atoms with Gasteiger partial charge in [-0.25, -0.2) is 0 Å². The van der Waals surface area contributed by atoms with Crippen molar-refractivity contribution in [2.75, 3.05) is 13.7 Å². The molecule has 1 aromatic rings. The van der Waals surface area contributed by atoms with E-state index in [9.17, 15) is 14.7 Å². The molecule has 2 N–H and O–H groups in total. The number of aromatic nitrogens is 2. The van der Waals surface area contributed by atoms with Crippen molar-refractivity contribution in [2.24, 2.45) is 5.92 Å². The fraction of sp³-hybridized carbons (Fsp3) is 0.667. The van der Waals surface area contributed by atoms with Crippen molar-refractivity contribution in [1.29, 1.82) is 0 Å². The molecule has 0 unspecified atom stereocenters. The zero-order chi connectivity index (χ0) is 29.7. The summed E-state index contributed by atoms with van der Waals surface area (Å²) in [6.07, 6.45) is 9.39. The first-order valence-corrected chi connectivity index (χ1v) is 14.3. The van der Waals surface area contributed by atoms with Gasteiger partial charge in [-0.2, -0.15) is 4.98 Å². The van der Waals surface area contributed by atoms with Gasteiger partial charge in [0.1, 0.15) is 17.8 Å². The zero-order valence-corrected chi connectivity index (χ0v) is 24.7. The van der Waals surface area contributed by atoms with Crippen LogP contribution >= 0.6 is 0 Å². The van der Waals surface area contributed by atoms with Crippen LogP contribution in [0.15, 0.2) is 40.5 Å². The summed E-state index contributed by atoms with van der Waals surface area (Å²) in [5.74, 6) is 0.615. The summed E-state index contributed by atoms with van der Waals surface area (Å²) in [5, 5.41) is 17.7. The van der Waals surface area contributed by atoms with Gasteiger partial charge >= 0.3 is 5.97 Å². The predicted octanol–water partition coefficient (Wildman–Crippen LogP) is 3.08. The van der Waals surface area contributed by atoms with E-state index in [4.69, 9.17) is 23.5 Å². The molecule has 1 spiro atoms. The molecule has 4 rings (SSSR count). The van der Waals surface area contributed by atoms with E-state index >= 15 is 0 Å². The van der Waals surface area contributed by atoms with Gasteiger partial charge in [0, 0.05) is 19.3 Å². The SMILES string of the molecule is COC(=O)C[C@@H]1C[C@@]2(CO2)[C@H](O)[C@@H](/C=C/C(C)=C/C[C@@H]2O[C@H](C)[C@H](NC(=O)/C=C\[C@H](C)c3noc(C)n3)C[C@@H]2C)O1. The molecular formula is C30H43N3O8. The summed E-state index contributed by atoms with van der Waals surface area (Å²) in [7, 11) is 1.35. The van der Waals surface area contributed by atoms with Gasteiger partial charge in [-0.15, -0.1) is 0 Å². The van der Waals surface area contributed by atoms with Crippen molar-refractivity contribution >= 4 is 11.9 Å². The Morgan fingerprint density at radius 2 is 2.02 bits per heavy atom. The minimum Gasteiger partial charge on any atom is -0.469 e. The molecule has 0 saturated carbocycles. The first kappa shape index (κ1) is 31.1. The van der Waals surface area contributed by atoms with E-state index < -0.39 is 17.8 Å². The van der Waals surface area contributed by atoms with E-state index in [0.717, 1.165) is 18.4 Å². The number of aliphatic hydroxyl groups excluding tert-OH is 1. The molecule has 3 aliphatic heterocycles. The lowest BCUT2D eigenvalue weighted by molar-refractivity contribution is -0.157. The predicted molar refractivity (Wildman–Crippen MR) is 149 cm³/mol. The molecule has 41 heavy (non-hydrogen) atoms. The summed E-state index contributed by atoms with van der Waals surface area (Å²) in [4.78, 5) is 28.5. The Bertz CT molecular complexity index is 1160. The second-order valence-corrected chi connectivity index (χ2v) is 11.6. The number of esters is 1. The normalized spacial score (nSPS) is 34.7. The van der Waals surface area contributed by atoms with Gasteiger partial charge < -0.3 is 33.9 Å². The Morgan fingerprint density at radius 1 is 1.27 bits per heavy atom. The fourth-order valence-corrected chi connectivity index (χ4v) is 5.45. The van der Waals surface area contributed by atoms with Gasteiger partial charge in [0.2, 0.25) is 11.8 Å². The molecule has 0 aliphatic carbocycles. The van der Waals surface area contributed by atoms with Crippen molar-refractivity contribution in [1.82, 2.24) is 15.5 Å². The number of epoxide rings is 1. The van der Waals surface area contributed by atoms with E-state index in [1.807, 2.05) is 32.9 Å². The standard InChI is InChI=1S/C30H43N3O8/c1-17(8-11-25-28(36)30(16-38-30)15-22(40-25)14-27(35)37-6)7-10-24-19(3)13-23(20(4)39-24)32-26(34)12-9-18(2)29-31-21(5)41-33-29/h7-9,11-12,18-20,22-25,28,36H,10,13-16H2,1-6H3,(H,32,34)/b11-8+,12-9-,17-7+/t18-,19-,20+,22+,23+,24-,25+,28+,30+/m0/s1. The Kier molecular flexibility index (Phi) is 10.2. The number of nitrogens with one attached hydrogen (secondary N) is 1. The molecule has 4 heterocycles. The molecule has 1 amide bonds. The van der Waals surface area contributed by atoms with Gasteiger partial charge in [-0.1, -0.05) is 48.9 Å². The third-order valence-corrected chi connectivity index (χ3v) is 8.16. The Hall–Kier alpha value is -2.86. The number of amides is 1. The summed E-state index contributed by atoms with van der Waals surface area (Å²) >= 11 is 0. The fourth-order valence-electron chi connectivity index (χ4n) is 5.45. The molecule has 11 heteroatoms. The average Bonchev–Trinajstić information content (AvgIpc) is 3.57. The van der Waals surface area contributed by atoms with Gasteiger partial charge in [0.15, 0.2) is 5.82 Å². The molecule has 3 saturated heterocycles. The van der Waals surface area contributed by atoms with Crippen LogP contribution < -0.4 is 5.32 Å². The second kappa shape index (κ2) is 13.4. The molecule has 0 radical (unpaired) electrons. The number of hydrogen-bond acceptors (Lipinski definition) is 10. The number of allylic oxidation sites excluding steroid dienone is 3. The highest BCUT2D eigenvalue weighted by atomic mass is 16.6. The van der Waals surface area contributed by atoms with Crippen molar-refractivity contribution in [3.05, 3.63) is 47.7 Å². The third-order valence-electron chi connectivity index (χ3n) is 8.16. The van der Waals surface area contributed by atoms with Crippen LogP contribution in [0.3, 0.4) is 0 Å². The molecule has 0 bridgehead atoms. The first-order valence-electron chi connectivity index (χ1n) is 14.3. The van der Waals surface area contributed by atoms with Crippen LogP contribution in [-0.2, 0) is 28.5 Å². The number of rotatable bonds is 10. The largest absolute Gasteiger partial charge is 0.469 e. The number of carbonyl (C=O) groups is 2. The van der Waals surface area contributed by atoms with E-state index in [2.05, 4.69) is 28.5 Å². The summed E-state index contributed by atoms with van der Waals surface area (Å²) in [5.41, 5.74) is 0.370. The highest BCUT2D eigenvalue weighted by Gasteiger charge is 2.58. The molecular weight excluding hydrogens is 530 g/mol. The maximum absolute atomic E-state index is 12.6. The van der Waals surface area contributed by atoms with Crippen molar-refractivity contribution in [3.8, 4) is 0 Å². The summed E-state index contributed by atoms with van der Waals surface area (Å²) < 4.78 is 27.7. The summed E-state index contributed by atoms with van der Waals surface area (Å²) in [6.45, 7) is 10.2. The number of aryl methyl sites for hydroxylation is 1. The Morgan fingerprint density at radius 3 is 2.68 bits per heavy atom. The van der Waals surface area contributed by atoms with Crippen LogP contribution in [0.4, 0.5) is 0 Å². The Balaban J connectivity index is 1.26. The van der Waals surface area contributed by atoms with Crippen LogP contribution in [0.1, 0.15) is 71.0 Å². The van der Waals surface area contributed by atoms with Gasteiger partial charge in [-0.05, 0) is 38.7 Å². The number of ether oxygens (including phenoxy) is 4. The minimum absolute atomic E-state index is 0.0163. The maximum atomic E-state index is 12.6. The van der Waals surface area contributed by atoms with Gasteiger partial charge in [-0.3, -0.25) is 9.59 Å². The van der Waals surface area contributed by atoms with E-state index in [1.54, 1.807) is 13.0 Å². The highest BCUT2D eigenvalue weighted by Crippen LogP contribution is 2.43. The van der Waals surface area contributed by atoms with Crippen LogP contribution in [0, 0.1) is 12.8 Å². The molecule has 9 atom stereocenters. The van der Waals surface area contributed by atoms with Crippen molar-refractivity contribution < 1.29 is 38.2 Å². The zero-order valence-electron chi connectivity index (χ0n) is 24.7. The number of aliphatic hydroxyl groups is 1. The molecule has 0 aromatic carbocycles. The van der Waals surface area contributed by atoms with E-state index in [0.29, 0.717) is 24.7 Å². The third kappa shape index (κ3) is 8.12. The number of nitrogens with zero attached hydrogens (tertiary/aromatic N) is 2. The first-order chi connectivity index (χ1) is 19.5. The minimum atomic E-state index is -0.795. The Labute approximate surface area is 241 Å². The molecule has 3 aliphatic rings. The van der Waals surface area contributed by atoms with Crippen LogP contribution in [0.25, 0.3) is 0 Å². The topological polar surface area (TPSA) is 146 Å². The highest BCUT2D eigenvalue weighted by molar-refractivity contribution is 5.87. The monoisotopic (exact) mass is 573 g/mol. The van der Waals surface area contributed by atoms with E-state index in [-0.39, 0.29) is 54.5 Å². The maximum Gasteiger partial charge on any atom is 0.308 e. The van der Waals surface area contributed by atoms with Crippen LogP contribution in [-0.4, -0.2) is 83.0 Å². The van der Waals surface area contributed by atoms with Crippen LogP contribution in [0.2, 0.25) is 0 Å². The lowest BCUT2D eigenvalue weighted by Gasteiger charge is -2.39. The number of hydrogen-bond donors (Lipinski definition) is 2. The molecule has 3 fully saturated rings.